The maximum Gasteiger partial charge on any atom is 0.231 e. The Morgan fingerprint density at radius 2 is 2.06 bits per heavy atom. The number of aromatic nitrogens is 4. The lowest BCUT2D eigenvalue weighted by molar-refractivity contribution is -0.118. The number of fused-ring (bicyclic) bond motifs is 1. The molecule has 35 heavy (non-hydrogen) atoms. The summed E-state index contributed by atoms with van der Waals surface area (Å²) >= 11 is 0. The van der Waals surface area contributed by atoms with E-state index in [-0.39, 0.29) is 18.5 Å². The van der Waals surface area contributed by atoms with Crippen molar-refractivity contribution in [1.29, 1.82) is 0 Å². The van der Waals surface area contributed by atoms with Crippen molar-refractivity contribution >= 4 is 34.1 Å². The summed E-state index contributed by atoms with van der Waals surface area (Å²) in [7, 11) is 1.60. The average Bonchev–Trinajstić information content (AvgIpc) is 3.30. The number of anilines is 3. The van der Waals surface area contributed by atoms with E-state index < -0.39 is 0 Å². The average molecular weight is 471 g/mol. The first-order chi connectivity index (χ1) is 17.1. The number of ether oxygens (including phenoxy) is 1. The van der Waals surface area contributed by atoms with Crippen molar-refractivity contribution in [3.63, 3.8) is 0 Å². The molecule has 4 heterocycles. The molecule has 3 aromatic heterocycles. The van der Waals surface area contributed by atoms with E-state index in [2.05, 4.69) is 20.6 Å². The Bertz CT molecular complexity index is 1350. The normalized spacial score (nSPS) is 15.7. The number of hydrogen-bond donors (Lipinski definition) is 3. The summed E-state index contributed by atoms with van der Waals surface area (Å²) < 4.78 is 5.56. The number of methoxy groups -OCH3 is 1. The highest BCUT2D eigenvalue weighted by atomic mass is 16.5. The molecule has 1 aliphatic heterocycles. The number of primary amides is 1. The van der Waals surface area contributed by atoms with Crippen LogP contribution in [0.1, 0.15) is 6.42 Å². The lowest BCUT2D eigenvalue weighted by Crippen LogP contribution is -2.34. The van der Waals surface area contributed by atoms with Crippen LogP contribution in [0.15, 0.2) is 61.1 Å². The standard InChI is InChI=1S/C25H26N8O2/c1-35-20-13-27-12-19-23(20)25(30-18-8-10-33(14-18)15-21(26)34)32-24(31-19)16-7-9-28-22(11-16)29-17-5-3-2-4-6-17/h2-7,9,11-13,18H,8,10,14-15H2,1H3,(H2,26,34)(H,28,29)(H,30,31,32). The zero-order chi connectivity index (χ0) is 24.2. The third kappa shape index (κ3) is 5.12. The number of carbonyl (C=O) groups is 1. The van der Waals surface area contributed by atoms with Gasteiger partial charge in [0.15, 0.2) is 5.82 Å². The molecule has 1 unspecified atom stereocenters. The molecule has 0 bridgehead atoms. The number of pyridine rings is 2. The maximum absolute atomic E-state index is 11.3. The van der Waals surface area contributed by atoms with E-state index in [4.69, 9.17) is 20.4 Å². The first-order valence-electron chi connectivity index (χ1n) is 11.3. The Labute approximate surface area is 202 Å². The van der Waals surface area contributed by atoms with E-state index >= 15 is 0 Å². The smallest absolute Gasteiger partial charge is 0.231 e. The second-order valence-electron chi connectivity index (χ2n) is 8.38. The summed E-state index contributed by atoms with van der Waals surface area (Å²) in [5.41, 5.74) is 7.79. The van der Waals surface area contributed by atoms with Gasteiger partial charge in [-0.2, -0.15) is 0 Å². The van der Waals surface area contributed by atoms with Crippen LogP contribution >= 0.6 is 0 Å². The molecule has 4 N–H and O–H groups in total. The molecule has 1 fully saturated rings. The number of nitrogens with one attached hydrogen (secondary N) is 2. The van der Waals surface area contributed by atoms with Crippen molar-refractivity contribution in [3.8, 4) is 17.1 Å². The SMILES string of the molecule is COc1cncc2nc(-c3ccnc(Nc4ccccc4)c3)nc(NC3CCN(CC(N)=O)C3)c12. The van der Waals surface area contributed by atoms with Crippen LogP contribution in [0.5, 0.6) is 5.75 Å². The summed E-state index contributed by atoms with van der Waals surface area (Å²) in [6.07, 6.45) is 5.94. The van der Waals surface area contributed by atoms with Gasteiger partial charge in [0.05, 0.1) is 37.0 Å². The third-order valence-electron chi connectivity index (χ3n) is 5.85. The maximum atomic E-state index is 11.3. The summed E-state index contributed by atoms with van der Waals surface area (Å²) in [4.78, 5) is 31.7. The van der Waals surface area contributed by atoms with E-state index in [1.165, 1.54) is 0 Å². The van der Waals surface area contributed by atoms with E-state index in [0.717, 1.165) is 29.6 Å². The lowest BCUT2D eigenvalue weighted by atomic mass is 10.2. The molecule has 0 radical (unpaired) electrons. The van der Waals surface area contributed by atoms with Crippen LogP contribution < -0.4 is 21.1 Å². The molecular formula is C25H26N8O2. The van der Waals surface area contributed by atoms with E-state index in [1.807, 2.05) is 47.4 Å². The summed E-state index contributed by atoms with van der Waals surface area (Å²) in [6.45, 7) is 1.72. The zero-order valence-electron chi connectivity index (χ0n) is 19.3. The first kappa shape index (κ1) is 22.5. The molecule has 0 aliphatic carbocycles. The predicted octanol–water partition coefficient (Wildman–Crippen LogP) is 2.81. The molecule has 4 aromatic rings. The third-order valence-corrected chi connectivity index (χ3v) is 5.85. The molecule has 1 atom stereocenters. The van der Waals surface area contributed by atoms with Crippen LogP contribution in [-0.4, -0.2) is 63.5 Å². The summed E-state index contributed by atoms with van der Waals surface area (Å²) in [5, 5.41) is 7.61. The van der Waals surface area contributed by atoms with Gasteiger partial charge < -0.3 is 21.1 Å². The van der Waals surface area contributed by atoms with Gasteiger partial charge in [-0.15, -0.1) is 0 Å². The number of nitrogens with two attached hydrogens (primary N) is 1. The van der Waals surface area contributed by atoms with Crippen LogP contribution in [0.4, 0.5) is 17.3 Å². The van der Waals surface area contributed by atoms with Crippen molar-refractivity contribution in [2.45, 2.75) is 12.5 Å². The number of carbonyl (C=O) groups excluding carboxylic acids is 1. The molecule has 5 rings (SSSR count). The number of benzene rings is 1. The van der Waals surface area contributed by atoms with Gasteiger partial charge in [-0.05, 0) is 30.7 Å². The fourth-order valence-electron chi connectivity index (χ4n) is 4.26. The monoisotopic (exact) mass is 470 g/mol. The molecule has 0 saturated carbocycles. The van der Waals surface area contributed by atoms with Crippen LogP contribution in [0.2, 0.25) is 0 Å². The number of nitrogens with zero attached hydrogens (tertiary/aromatic N) is 5. The highest BCUT2D eigenvalue weighted by Crippen LogP contribution is 2.33. The van der Waals surface area contributed by atoms with Crippen LogP contribution in [0.3, 0.4) is 0 Å². The van der Waals surface area contributed by atoms with Gasteiger partial charge in [0.1, 0.15) is 17.4 Å². The van der Waals surface area contributed by atoms with Gasteiger partial charge in [-0.25, -0.2) is 15.0 Å². The van der Waals surface area contributed by atoms with Gasteiger partial charge in [-0.3, -0.25) is 14.7 Å². The molecule has 10 heteroatoms. The summed E-state index contributed by atoms with van der Waals surface area (Å²) in [5.74, 6) is 2.15. The van der Waals surface area contributed by atoms with Gasteiger partial charge >= 0.3 is 0 Å². The van der Waals surface area contributed by atoms with Crippen LogP contribution in [0.25, 0.3) is 22.3 Å². The van der Waals surface area contributed by atoms with E-state index in [1.54, 1.807) is 25.7 Å². The molecule has 10 nitrogen and oxygen atoms in total. The number of amides is 1. The molecule has 1 saturated heterocycles. The minimum atomic E-state index is -0.328. The molecule has 0 spiro atoms. The van der Waals surface area contributed by atoms with Gasteiger partial charge in [0, 0.05) is 36.6 Å². The molecule has 1 aromatic carbocycles. The zero-order valence-corrected chi connectivity index (χ0v) is 19.3. The van der Waals surface area contributed by atoms with Crippen molar-refractivity contribution in [3.05, 3.63) is 61.1 Å². The summed E-state index contributed by atoms with van der Waals surface area (Å²) in [6, 6.07) is 13.7. The number of para-hydroxylation sites is 1. The van der Waals surface area contributed by atoms with Crippen LogP contribution in [0, 0.1) is 0 Å². The van der Waals surface area contributed by atoms with Crippen molar-refractivity contribution in [2.24, 2.45) is 5.73 Å². The fraction of sp³-hybridized carbons (Fsp3) is 0.240. The van der Waals surface area contributed by atoms with Crippen molar-refractivity contribution < 1.29 is 9.53 Å². The molecular weight excluding hydrogens is 444 g/mol. The number of hydrogen-bond acceptors (Lipinski definition) is 9. The number of rotatable bonds is 8. The Morgan fingerprint density at radius 1 is 1.20 bits per heavy atom. The largest absolute Gasteiger partial charge is 0.494 e. The Kier molecular flexibility index (Phi) is 6.36. The van der Waals surface area contributed by atoms with E-state index in [9.17, 15) is 4.79 Å². The second kappa shape index (κ2) is 9.90. The van der Waals surface area contributed by atoms with Crippen molar-refractivity contribution in [2.75, 3.05) is 37.4 Å². The lowest BCUT2D eigenvalue weighted by Gasteiger charge is -2.18. The molecule has 178 valence electrons. The topological polar surface area (TPSA) is 131 Å². The van der Waals surface area contributed by atoms with Gasteiger partial charge in [-0.1, -0.05) is 18.2 Å². The molecule has 1 aliphatic rings. The Morgan fingerprint density at radius 3 is 2.86 bits per heavy atom. The highest BCUT2D eigenvalue weighted by Gasteiger charge is 2.25. The van der Waals surface area contributed by atoms with E-state index in [0.29, 0.717) is 35.3 Å². The number of likely N-dealkylation sites (tertiary alicyclic amines) is 1. The highest BCUT2D eigenvalue weighted by molar-refractivity contribution is 5.95. The minimum absolute atomic E-state index is 0.103. The Hall–Kier alpha value is -4.31. The van der Waals surface area contributed by atoms with Gasteiger partial charge in [0.25, 0.3) is 0 Å². The first-order valence-corrected chi connectivity index (χ1v) is 11.3. The van der Waals surface area contributed by atoms with Gasteiger partial charge in [0.2, 0.25) is 5.91 Å². The quantitative estimate of drug-likeness (QED) is 0.356. The Balaban J connectivity index is 1.49. The second-order valence-corrected chi connectivity index (χ2v) is 8.38. The predicted molar refractivity (Wildman–Crippen MR) is 135 cm³/mol. The fourth-order valence-corrected chi connectivity index (χ4v) is 4.26. The van der Waals surface area contributed by atoms with Crippen LogP contribution in [-0.2, 0) is 4.79 Å². The minimum Gasteiger partial charge on any atom is -0.494 e. The molecule has 1 amide bonds. The van der Waals surface area contributed by atoms with Crippen molar-refractivity contribution in [1.82, 2.24) is 24.8 Å².